The van der Waals surface area contributed by atoms with Crippen LogP contribution >= 0.6 is 0 Å². The summed E-state index contributed by atoms with van der Waals surface area (Å²) in [4.78, 5) is 4.59. The van der Waals surface area contributed by atoms with Gasteiger partial charge in [0.25, 0.3) is 0 Å². The van der Waals surface area contributed by atoms with Crippen LogP contribution in [-0.2, 0) is 9.31 Å². The Morgan fingerprint density at radius 2 is 1.71 bits per heavy atom. The molecule has 1 atom stereocenters. The summed E-state index contributed by atoms with van der Waals surface area (Å²) in [5, 5.41) is 3.53. The first-order valence-electron chi connectivity index (χ1n) is 7.22. The maximum absolute atomic E-state index is 6.10. The molecular weight excluding hydrogens is 455 g/mol. The second-order valence-electron chi connectivity index (χ2n) is 7.03. The first-order valence-corrected chi connectivity index (χ1v) is 9.46. The monoisotopic (exact) mass is 476 g/mol. The molecule has 2 heterocycles. The fraction of sp³-hybridized carbons (Fsp3) is 0.533. The Morgan fingerprint density at radius 1 is 1.10 bits per heavy atom. The SMILES string of the molecule is C[C]1([Tl])C=Nc2cc(B3OC(C)(C)C(C)(C)O3)ccc2N1. The van der Waals surface area contributed by atoms with Gasteiger partial charge in [-0.25, -0.2) is 0 Å². The van der Waals surface area contributed by atoms with E-state index in [0.717, 1.165) is 42.6 Å². The average Bonchev–Trinajstić information content (AvgIpc) is 2.57. The second-order valence-corrected chi connectivity index (χ2v) is 11.7. The van der Waals surface area contributed by atoms with Crippen molar-refractivity contribution in [3.8, 4) is 0 Å². The van der Waals surface area contributed by atoms with Crippen LogP contribution in [-0.4, -0.2) is 53.4 Å². The van der Waals surface area contributed by atoms with Gasteiger partial charge in [-0.3, -0.25) is 0 Å². The molecule has 0 aromatic heterocycles. The van der Waals surface area contributed by atoms with Gasteiger partial charge in [-0.1, -0.05) is 0 Å². The van der Waals surface area contributed by atoms with E-state index in [0.29, 0.717) is 0 Å². The van der Waals surface area contributed by atoms with Gasteiger partial charge in [0.15, 0.2) is 0 Å². The van der Waals surface area contributed by atoms with E-state index in [4.69, 9.17) is 9.31 Å². The molecule has 1 saturated heterocycles. The first-order chi connectivity index (χ1) is 9.60. The molecule has 21 heavy (non-hydrogen) atoms. The molecule has 2 aliphatic heterocycles. The molecule has 0 spiro atoms. The molecule has 0 saturated carbocycles. The number of benzene rings is 1. The van der Waals surface area contributed by atoms with Crippen molar-refractivity contribution in [2.75, 3.05) is 5.32 Å². The molecule has 2 aliphatic rings. The minimum atomic E-state index is -0.332. The van der Waals surface area contributed by atoms with Crippen molar-refractivity contribution in [2.24, 2.45) is 4.99 Å². The Labute approximate surface area is 142 Å². The number of anilines is 1. The third-order valence-corrected chi connectivity index (χ3v) is 5.56. The van der Waals surface area contributed by atoms with E-state index in [1.165, 1.54) is 0 Å². The predicted molar refractivity (Wildman–Crippen MR) is 88.1 cm³/mol. The quantitative estimate of drug-likeness (QED) is 0.632. The van der Waals surface area contributed by atoms with Crippen LogP contribution in [0.5, 0.6) is 0 Å². The molecule has 4 nitrogen and oxygen atoms in total. The van der Waals surface area contributed by atoms with Crippen molar-refractivity contribution in [1.29, 1.82) is 0 Å². The normalized spacial score (nSPS) is 29.0. The molecule has 3 rings (SSSR count). The molecule has 0 amide bonds. The zero-order valence-electron chi connectivity index (χ0n) is 13.2. The molecule has 1 unspecified atom stereocenters. The summed E-state index contributed by atoms with van der Waals surface area (Å²) in [6, 6.07) is 6.20. The summed E-state index contributed by atoms with van der Waals surface area (Å²) in [7, 11) is -0.332. The maximum atomic E-state index is 6.10. The van der Waals surface area contributed by atoms with Gasteiger partial charge in [0.2, 0.25) is 0 Å². The van der Waals surface area contributed by atoms with E-state index < -0.39 is 0 Å². The van der Waals surface area contributed by atoms with Crippen LogP contribution in [0.1, 0.15) is 34.6 Å². The van der Waals surface area contributed by atoms with Gasteiger partial charge in [-0.2, -0.15) is 0 Å². The van der Waals surface area contributed by atoms with E-state index in [2.05, 4.69) is 63.1 Å². The Morgan fingerprint density at radius 3 is 2.33 bits per heavy atom. The number of aliphatic imine (C=N–C) groups is 1. The Kier molecular flexibility index (Phi) is 3.54. The van der Waals surface area contributed by atoms with Crippen LogP contribution in [0.25, 0.3) is 0 Å². The molecule has 0 aliphatic carbocycles. The first kappa shape index (κ1) is 15.5. The molecule has 0 bridgehead atoms. The van der Waals surface area contributed by atoms with Gasteiger partial charge >= 0.3 is 143 Å². The van der Waals surface area contributed by atoms with Crippen molar-refractivity contribution < 1.29 is 9.31 Å². The van der Waals surface area contributed by atoms with Crippen LogP contribution < -0.4 is 10.8 Å². The standard InChI is InChI=1S/C15H20BN2O2.Tl/c1-10-9-17-13-8-11(6-7-12(13)18-10)16-19-14(2,3)15(4,5)20-16;/h6-9,18H,1-5H3;. The summed E-state index contributed by atoms with van der Waals surface area (Å²) < 4.78 is 12.2. The van der Waals surface area contributed by atoms with Gasteiger partial charge in [-0.05, 0) is 0 Å². The zero-order chi connectivity index (χ0) is 15.5. The number of nitrogens with one attached hydrogen (secondary N) is 1. The van der Waals surface area contributed by atoms with Gasteiger partial charge in [0.05, 0.1) is 0 Å². The Hall–Kier alpha value is -0.403. The van der Waals surface area contributed by atoms with E-state index >= 15 is 0 Å². The summed E-state index contributed by atoms with van der Waals surface area (Å²) in [5.74, 6) is 0. The molecule has 0 radical (unpaired) electrons. The zero-order valence-corrected chi connectivity index (χ0v) is 17.7. The fourth-order valence-corrected chi connectivity index (χ4v) is 3.31. The minimum absolute atomic E-state index is 0.0544. The number of rotatable bonds is 1. The summed E-state index contributed by atoms with van der Waals surface area (Å²) in [6.07, 6.45) is 2.01. The average molecular weight is 476 g/mol. The van der Waals surface area contributed by atoms with Crippen LogP contribution in [0, 0.1) is 0 Å². The summed E-state index contributed by atoms with van der Waals surface area (Å²) >= 11 is 0.794. The molecule has 108 valence electrons. The van der Waals surface area contributed by atoms with E-state index in [-0.39, 0.29) is 21.4 Å². The topological polar surface area (TPSA) is 42.9 Å². The fourth-order valence-electron chi connectivity index (χ4n) is 2.41. The second kappa shape index (κ2) is 4.79. The van der Waals surface area contributed by atoms with Crippen LogP contribution in [0.2, 0.25) is 0 Å². The number of hydrogen-bond acceptors (Lipinski definition) is 4. The molecule has 1 aromatic rings. The number of hydrogen-bond donors (Lipinski definition) is 1. The molecule has 1 aromatic carbocycles. The number of nitrogens with zero attached hydrogens (tertiary/aromatic N) is 1. The van der Waals surface area contributed by atoms with Crippen molar-refractivity contribution in [3.05, 3.63) is 18.2 Å². The van der Waals surface area contributed by atoms with Crippen molar-refractivity contribution in [1.82, 2.24) is 0 Å². The van der Waals surface area contributed by atoms with Gasteiger partial charge in [0.1, 0.15) is 0 Å². The molecule has 1 fully saturated rings. The third-order valence-electron chi connectivity index (χ3n) is 4.42. The molecular formula is C15H20BN2O2Tl. The summed E-state index contributed by atoms with van der Waals surface area (Å²) in [5.41, 5.74) is 2.43. The van der Waals surface area contributed by atoms with E-state index in [1.54, 1.807) is 0 Å². The van der Waals surface area contributed by atoms with Crippen molar-refractivity contribution in [3.63, 3.8) is 0 Å². The van der Waals surface area contributed by atoms with Crippen LogP contribution in [0.4, 0.5) is 11.4 Å². The molecule has 1 N–H and O–H groups in total. The predicted octanol–water partition coefficient (Wildman–Crippen LogP) is 2.00. The number of fused-ring (bicyclic) bond motifs is 1. The van der Waals surface area contributed by atoms with Crippen molar-refractivity contribution >= 4 is 55.9 Å². The van der Waals surface area contributed by atoms with Crippen LogP contribution in [0.3, 0.4) is 0 Å². The third kappa shape index (κ3) is 2.79. The summed E-state index contributed by atoms with van der Waals surface area (Å²) in [6.45, 7) is 10.4. The Bertz CT molecular complexity index is 598. The van der Waals surface area contributed by atoms with Gasteiger partial charge in [0, 0.05) is 0 Å². The Balaban J connectivity index is 1.90. The van der Waals surface area contributed by atoms with E-state index in [9.17, 15) is 0 Å². The van der Waals surface area contributed by atoms with Gasteiger partial charge < -0.3 is 0 Å². The van der Waals surface area contributed by atoms with Crippen molar-refractivity contribution in [2.45, 2.75) is 48.9 Å². The molecule has 6 heteroatoms. The van der Waals surface area contributed by atoms with Crippen LogP contribution in [0.15, 0.2) is 23.2 Å². The van der Waals surface area contributed by atoms with E-state index in [1.807, 2.05) is 6.21 Å². The van der Waals surface area contributed by atoms with Gasteiger partial charge in [-0.15, -0.1) is 0 Å².